The van der Waals surface area contributed by atoms with Gasteiger partial charge in [0.1, 0.15) is 5.75 Å². The van der Waals surface area contributed by atoms with Crippen LogP contribution in [0.2, 0.25) is 5.02 Å². The van der Waals surface area contributed by atoms with Crippen molar-refractivity contribution in [2.45, 2.75) is 12.1 Å². The molecule has 0 aliphatic carbocycles. The second kappa shape index (κ2) is 4.97. The van der Waals surface area contributed by atoms with E-state index in [0.717, 1.165) is 0 Å². The summed E-state index contributed by atoms with van der Waals surface area (Å²) in [6.07, 6.45) is -5.64. The summed E-state index contributed by atoms with van der Waals surface area (Å²) in [5.74, 6) is -5.09. The maximum atomic E-state index is 12.6. The maximum absolute atomic E-state index is 12.6. The van der Waals surface area contributed by atoms with Crippen molar-refractivity contribution < 1.29 is 26.7 Å². The summed E-state index contributed by atoms with van der Waals surface area (Å²) in [6, 6.07) is 4.02. The zero-order valence-electron chi connectivity index (χ0n) is 7.99. The first kappa shape index (κ1) is 14.5. The van der Waals surface area contributed by atoms with Crippen molar-refractivity contribution >= 4 is 27.5 Å². The van der Waals surface area contributed by atoms with Gasteiger partial charge in [-0.2, -0.15) is 22.0 Å². The third-order valence-corrected chi connectivity index (χ3v) is 3.10. The molecule has 0 radical (unpaired) electrons. The van der Waals surface area contributed by atoms with Gasteiger partial charge in [-0.3, -0.25) is 0 Å². The lowest BCUT2D eigenvalue weighted by molar-refractivity contribution is -0.290. The van der Waals surface area contributed by atoms with Gasteiger partial charge >= 0.3 is 12.1 Å². The van der Waals surface area contributed by atoms with Crippen LogP contribution >= 0.6 is 27.5 Å². The summed E-state index contributed by atoms with van der Waals surface area (Å²) in [4.78, 5) is 0. The molecule has 0 aliphatic heterocycles. The van der Waals surface area contributed by atoms with Crippen LogP contribution in [0.25, 0.3) is 0 Å². The number of halogens is 7. The molecule has 0 saturated heterocycles. The molecule has 0 spiro atoms. The Morgan fingerprint density at radius 3 is 2.29 bits per heavy atom. The van der Waals surface area contributed by atoms with Gasteiger partial charge in [-0.1, -0.05) is 17.7 Å². The molecule has 0 N–H and O–H groups in total. The predicted molar refractivity (Wildman–Crippen MR) is 55.6 cm³/mol. The lowest BCUT2D eigenvalue weighted by Crippen LogP contribution is -2.41. The average Bonchev–Trinajstić information content (AvgIpc) is 2.18. The topological polar surface area (TPSA) is 9.23 Å². The molecule has 1 aromatic rings. The van der Waals surface area contributed by atoms with E-state index >= 15 is 0 Å². The normalized spacial score (nSPS) is 12.6. The van der Waals surface area contributed by atoms with Crippen LogP contribution < -0.4 is 4.74 Å². The van der Waals surface area contributed by atoms with E-state index in [1.54, 1.807) is 0 Å². The van der Waals surface area contributed by atoms with Gasteiger partial charge in [0.2, 0.25) is 0 Å². The largest absolute Gasteiger partial charge is 0.486 e. The van der Waals surface area contributed by atoms with Crippen molar-refractivity contribution in [3.63, 3.8) is 0 Å². The Bertz CT molecular complexity index is 407. The third kappa shape index (κ3) is 3.45. The Balaban J connectivity index is 2.78. The lowest BCUT2D eigenvalue weighted by Gasteiger charge is -2.20. The maximum Gasteiger partial charge on any atom is 0.456 e. The van der Waals surface area contributed by atoms with Gasteiger partial charge in [0.05, 0.1) is 9.50 Å². The second-order valence-corrected chi connectivity index (χ2v) is 4.24. The zero-order valence-corrected chi connectivity index (χ0v) is 10.3. The molecule has 1 aromatic carbocycles. The highest BCUT2D eigenvalue weighted by Gasteiger charge is 2.58. The molecular formula is C9H5BrClF5O. The van der Waals surface area contributed by atoms with Crippen molar-refractivity contribution in [3.8, 4) is 5.75 Å². The van der Waals surface area contributed by atoms with Crippen LogP contribution in [-0.4, -0.2) is 18.7 Å². The fourth-order valence-corrected chi connectivity index (χ4v) is 1.39. The third-order valence-electron chi connectivity index (χ3n) is 1.74. The first-order valence-electron chi connectivity index (χ1n) is 4.16. The van der Waals surface area contributed by atoms with Crippen molar-refractivity contribution in [1.82, 2.24) is 0 Å². The molecule has 0 amide bonds. The van der Waals surface area contributed by atoms with Crippen LogP contribution in [0.3, 0.4) is 0 Å². The standard InChI is InChI=1S/C9H5BrClF5O/c10-7-5(11)2-1-3-6(7)17-4-8(12,13)9(14,15)16/h1-3H,4H2. The molecule has 0 atom stereocenters. The van der Waals surface area contributed by atoms with Crippen molar-refractivity contribution in [3.05, 3.63) is 27.7 Å². The van der Waals surface area contributed by atoms with Crippen LogP contribution in [-0.2, 0) is 0 Å². The van der Waals surface area contributed by atoms with E-state index < -0.39 is 18.7 Å². The van der Waals surface area contributed by atoms with Gasteiger partial charge < -0.3 is 4.74 Å². The van der Waals surface area contributed by atoms with E-state index in [9.17, 15) is 22.0 Å². The van der Waals surface area contributed by atoms with Crippen LogP contribution in [0.4, 0.5) is 22.0 Å². The summed E-state index contributed by atoms with van der Waals surface area (Å²) >= 11 is 8.53. The smallest absolute Gasteiger partial charge is 0.456 e. The molecule has 96 valence electrons. The quantitative estimate of drug-likeness (QED) is 0.727. The number of hydrogen-bond acceptors (Lipinski definition) is 1. The van der Waals surface area contributed by atoms with Gasteiger partial charge in [0.15, 0.2) is 6.61 Å². The van der Waals surface area contributed by atoms with Crippen LogP contribution in [0.1, 0.15) is 0 Å². The first-order chi connectivity index (χ1) is 7.65. The Morgan fingerprint density at radius 1 is 1.18 bits per heavy atom. The fraction of sp³-hybridized carbons (Fsp3) is 0.333. The fourth-order valence-electron chi connectivity index (χ4n) is 0.846. The Kier molecular flexibility index (Phi) is 4.24. The lowest BCUT2D eigenvalue weighted by atomic mass is 10.3. The highest BCUT2D eigenvalue weighted by Crippen LogP contribution is 2.37. The van der Waals surface area contributed by atoms with Crippen LogP contribution in [0, 0.1) is 0 Å². The Hall–Kier alpha value is -0.560. The monoisotopic (exact) mass is 338 g/mol. The van der Waals surface area contributed by atoms with Gasteiger partial charge in [-0.25, -0.2) is 0 Å². The number of alkyl halides is 5. The van der Waals surface area contributed by atoms with Gasteiger partial charge in [0.25, 0.3) is 0 Å². The Morgan fingerprint density at radius 2 is 1.76 bits per heavy atom. The van der Waals surface area contributed by atoms with Crippen LogP contribution in [0.5, 0.6) is 5.75 Å². The number of benzene rings is 1. The minimum Gasteiger partial charge on any atom is -0.486 e. The molecule has 0 heterocycles. The molecule has 0 unspecified atom stereocenters. The number of ether oxygens (including phenoxy) is 1. The van der Waals surface area contributed by atoms with Crippen molar-refractivity contribution in [2.24, 2.45) is 0 Å². The number of rotatable bonds is 3. The van der Waals surface area contributed by atoms with E-state index in [0.29, 0.717) is 0 Å². The molecular weight excluding hydrogens is 334 g/mol. The summed E-state index contributed by atoms with van der Waals surface area (Å²) < 4.78 is 65.2. The van der Waals surface area contributed by atoms with Gasteiger partial charge in [-0.15, -0.1) is 0 Å². The second-order valence-electron chi connectivity index (χ2n) is 3.04. The molecule has 0 aromatic heterocycles. The molecule has 0 bridgehead atoms. The molecule has 1 rings (SSSR count). The van der Waals surface area contributed by atoms with E-state index in [1.807, 2.05) is 0 Å². The highest BCUT2D eigenvalue weighted by molar-refractivity contribution is 9.10. The Labute approximate surface area is 107 Å². The minimum absolute atomic E-state index is 0.125. The van der Waals surface area contributed by atoms with Crippen molar-refractivity contribution in [2.75, 3.05) is 6.61 Å². The molecule has 0 saturated carbocycles. The summed E-state index contributed by atoms with van der Waals surface area (Å²) in [6.45, 7) is -1.80. The highest BCUT2D eigenvalue weighted by atomic mass is 79.9. The molecule has 0 fully saturated rings. The van der Waals surface area contributed by atoms with Gasteiger partial charge in [0, 0.05) is 0 Å². The summed E-state index contributed by atoms with van der Waals surface area (Å²) in [7, 11) is 0. The van der Waals surface area contributed by atoms with E-state index in [1.165, 1.54) is 18.2 Å². The molecule has 1 nitrogen and oxygen atoms in total. The predicted octanol–water partition coefficient (Wildman–Crippen LogP) is 4.68. The first-order valence-corrected chi connectivity index (χ1v) is 5.33. The minimum atomic E-state index is -5.64. The zero-order chi connectivity index (χ0) is 13.3. The van der Waals surface area contributed by atoms with Crippen LogP contribution in [0.15, 0.2) is 22.7 Å². The number of hydrogen-bond donors (Lipinski definition) is 0. The van der Waals surface area contributed by atoms with E-state index in [2.05, 4.69) is 20.7 Å². The summed E-state index contributed by atoms with van der Waals surface area (Å²) in [5, 5.41) is 0.151. The average molecular weight is 339 g/mol. The summed E-state index contributed by atoms with van der Waals surface area (Å²) in [5.41, 5.74) is 0. The van der Waals surface area contributed by atoms with Gasteiger partial charge in [-0.05, 0) is 28.1 Å². The molecule has 17 heavy (non-hydrogen) atoms. The van der Waals surface area contributed by atoms with Crippen molar-refractivity contribution in [1.29, 1.82) is 0 Å². The molecule has 0 aliphatic rings. The van der Waals surface area contributed by atoms with E-state index in [4.69, 9.17) is 11.6 Å². The molecule has 8 heteroatoms. The SMILES string of the molecule is FC(F)(F)C(F)(F)COc1cccc(Cl)c1Br. The van der Waals surface area contributed by atoms with E-state index in [-0.39, 0.29) is 15.2 Å².